The third-order valence-electron chi connectivity index (χ3n) is 3.32. The van der Waals surface area contributed by atoms with Crippen molar-refractivity contribution in [3.05, 3.63) is 76.9 Å². The lowest BCUT2D eigenvalue weighted by Gasteiger charge is -2.02. The van der Waals surface area contributed by atoms with Crippen LogP contribution in [0.2, 0.25) is 0 Å². The average molecular weight is 294 g/mol. The Morgan fingerprint density at radius 2 is 1.62 bits per heavy atom. The molecule has 0 fully saturated rings. The Bertz CT molecular complexity index is 690. The second-order valence-electron chi connectivity index (χ2n) is 4.94. The Morgan fingerprint density at radius 3 is 2.29 bits per heavy atom. The number of hydrogen-bond donors (Lipinski definition) is 1. The first-order chi connectivity index (χ1) is 10.4. The van der Waals surface area contributed by atoms with E-state index in [-0.39, 0.29) is 0 Å². The number of hydrogen-bond acceptors (Lipinski definition) is 3. The van der Waals surface area contributed by atoms with Gasteiger partial charge in [-0.2, -0.15) is 0 Å². The minimum atomic E-state index is 0.819. The highest BCUT2D eigenvalue weighted by Crippen LogP contribution is 2.31. The third kappa shape index (κ3) is 3.38. The van der Waals surface area contributed by atoms with Gasteiger partial charge in [-0.05, 0) is 18.2 Å². The van der Waals surface area contributed by atoms with E-state index in [4.69, 9.17) is 4.98 Å². The van der Waals surface area contributed by atoms with Gasteiger partial charge in [0.25, 0.3) is 0 Å². The number of nitrogens with zero attached hydrogens (tertiary/aromatic N) is 1. The molecule has 0 amide bonds. The van der Waals surface area contributed by atoms with E-state index in [1.807, 2.05) is 7.05 Å². The van der Waals surface area contributed by atoms with Crippen LogP contribution < -0.4 is 5.32 Å². The van der Waals surface area contributed by atoms with Crippen LogP contribution in [0.25, 0.3) is 10.4 Å². The summed E-state index contributed by atoms with van der Waals surface area (Å²) in [4.78, 5) is 6.11. The van der Waals surface area contributed by atoms with E-state index in [0.29, 0.717) is 0 Å². The monoisotopic (exact) mass is 294 g/mol. The maximum Gasteiger partial charge on any atom is 0.107 e. The summed E-state index contributed by atoms with van der Waals surface area (Å²) in [7, 11) is 1.96. The lowest BCUT2D eigenvalue weighted by atomic mass is 10.1. The summed E-state index contributed by atoms with van der Waals surface area (Å²) < 4.78 is 0. The van der Waals surface area contributed by atoms with Crippen LogP contribution in [0.4, 0.5) is 0 Å². The second-order valence-corrected chi connectivity index (χ2v) is 6.03. The topological polar surface area (TPSA) is 24.9 Å². The van der Waals surface area contributed by atoms with Gasteiger partial charge < -0.3 is 5.32 Å². The summed E-state index contributed by atoms with van der Waals surface area (Å²) in [5.41, 5.74) is 3.72. The molecule has 0 bridgehead atoms. The maximum atomic E-state index is 4.83. The molecule has 2 aromatic carbocycles. The van der Waals surface area contributed by atoms with Crippen LogP contribution in [0.1, 0.15) is 16.3 Å². The standard InChI is InChI=1S/C18H18N2S/c1-19-13-17-20-16(12-14-8-4-2-5-9-14)18(21-17)15-10-6-3-7-11-15/h2-11,19H,12-13H2,1H3. The van der Waals surface area contributed by atoms with Crippen molar-refractivity contribution in [2.75, 3.05) is 7.05 Å². The van der Waals surface area contributed by atoms with Crippen LogP contribution in [0, 0.1) is 0 Å². The molecule has 1 heterocycles. The van der Waals surface area contributed by atoms with Crippen molar-refractivity contribution < 1.29 is 0 Å². The molecule has 106 valence electrons. The van der Waals surface area contributed by atoms with Gasteiger partial charge in [0.15, 0.2) is 0 Å². The predicted molar refractivity (Wildman–Crippen MR) is 89.6 cm³/mol. The highest BCUT2D eigenvalue weighted by atomic mass is 32.1. The molecule has 3 rings (SSSR count). The van der Waals surface area contributed by atoms with Crippen molar-refractivity contribution in [2.24, 2.45) is 0 Å². The van der Waals surface area contributed by atoms with Gasteiger partial charge >= 0.3 is 0 Å². The van der Waals surface area contributed by atoms with Crippen molar-refractivity contribution in [2.45, 2.75) is 13.0 Å². The lowest BCUT2D eigenvalue weighted by molar-refractivity contribution is 0.805. The largest absolute Gasteiger partial charge is 0.314 e. The first-order valence-corrected chi connectivity index (χ1v) is 7.91. The zero-order valence-corrected chi connectivity index (χ0v) is 12.9. The van der Waals surface area contributed by atoms with Crippen molar-refractivity contribution in [1.82, 2.24) is 10.3 Å². The van der Waals surface area contributed by atoms with E-state index >= 15 is 0 Å². The molecular formula is C18H18N2S. The predicted octanol–water partition coefficient (Wildman–Crippen LogP) is 4.12. The average Bonchev–Trinajstić information content (AvgIpc) is 2.92. The van der Waals surface area contributed by atoms with Gasteiger partial charge in [0.05, 0.1) is 10.6 Å². The van der Waals surface area contributed by atoms with Gasteiger partial charge in [-0.15, -0.1) is 11.3 Å². The highest BCUT2D eigenvalue weighted by molar-refractivity contribution is 7.15. The molecule has 0 aliphatic heterocycles. The van der Waals surface area contributed by atoms with Crippen LogP contribution in [0.5, 0.6) is 0 Å². The van der Waals surface area contributed by atoms with E-state index < -0.39 is 0 Å². The summed E-state index contributed by atoms with van der Waals surface area (Å²) in [5.74, 6) is 0. The normalized spacial score (nSPS) is 10.7. The van der Waals surface area contributed by atoms with Crippen LogP contribution in [-0.2, 0) is 13.0 Å². The molecule has 0 spiro atoms. The van der Waals surface area contributed by atoms with Gasteiger partial charge in [0.2, 0.25) is 0 Å². The van der Waals surface area contributed by atoms with Gasteiger partial charge in [-0.1, -0.05) is 60.7 Å². The number of thiazole rings is 1. The molecule has 0 saturated carbocycles. The fourth-order valence-electron chi connectivity index (χ4n) is 2.35. The molecule has 0 aliphatic rings. The molecule has 0 radical (unpaired) electrons. The fraction of sp³-hybridized carbons (Fsp3) is 0.167. The zero-order valence-electron chi connectivity index (χ0n) is 12.0. The number of rotatable bonds is 5. The van der Waals surface area contributed by atoms with Gasteiger partial charge in [0.1, 0.15) is 5.01 Å². The van der Waals surface area contributed by atoms with Crippen LogP contribution >= 0.6 is 11.3 Å². The molecule has 0 saturated heterocycles. The maximum absolute atomic E-state index is 4.83. The SMILES string of the molecule is CNCc1nc(Cc2ccccc2)c(-c2ccccc2)s1. The molecular weight excluding hydrogens is 276 g/mol. The molecule has 1 aromatic heterocycles. The molecule has 0 unspecified atom stereocenters. The van der Waals surface area contributed by atoms with Gasteiger partial charge in [-0.3, -0.25) is 0 Å². The molecule has 21 heavy (non-hydrogen) atoms. The van der Waals surface area contributed by atoms with Gasteiger partial charge in [0, 0.05) is 13.0 Å². The van der Waals surface area contributed by atoms with E-state index in [9.17, 15) is 0 Å². The Balaban J connectivity index is 1.98. The lowest BCUT2D eigenvalue weighted by Crippen LogP contribution is -2.04. The highest BCUT2D eigenvalue weighted by Gasteiger charge is 2.13. The number of benzene rings is 2. The second kappa shape index (κ2) is 6.66. The minimum Gasteiger partial charge on any atom is -0.314 e. The fourth-order valence-corrected chi connectivity index (χ4v) is 3.45. The van der Waals surface area contributed by atoms with Crippen LogP contribution in [0.3, 0.4) is 0 Å². The first-order valence-electron chi connectivity index (χ1n) is 7.09. The Morgan fingerprint density at radius 1 is 0.952 bits per heavy atom. The molecule has 0 atom stereocenters. The summed E-state index contributed by atoms with van der Waals surface area (Å²) in [6.07, 6.45) is 0.880. The summed E-state index contributed by atoms with van der Waals surface area (Å²) in [6, 6.07) is 21.1. The van der Waals surface area contributed by atoms with Crippen molar-refractivity contribution in [3.63, 3.8) is 0 Å². The van der Waals surface area contributed by atoms with E-state index in [1.165, 1.54) is 21.7 Å². The number of aromatic nitrogens is 1. The Kier molecular flexibility index (Phi) is 4.43. The summed E-state index contributed by atoms with van der Waals surface area (Å²) in [5, 5.41) is 4.33. The minimum absolute atomic E-state index is 0.819. The molecule has 0 aliphatic carbocycles. The van der Waals surface area contributed by atoms with Crippen molar-refractivity contribution >= 4 is 11.3 Å². The Hall–Kier alpha value is -1.97. The number of nitrogens with one attached hydrogen (secondary N) is 1. The van der Waals surface area contributed by atoms with Crippen molar-refractivity contribution in [1.29, 1.82) is 0 Å². The summed E-state index contributed by atoms with van der Waals surface area (Å²) in [6.45, 7) is 0.819. The van der Waals surface area contributed by atoms with Crippen LogP contribution in [0.15, 0.2) is 60.7 Å². The van der Waals surface area contributed by atoms with Gasteiger partial charge in [-0.25, -0.2) is 4.98 Å². The van der Waals surface area contributed by atoms with E-state index in [0.717, 1.165) is 18.0 Å². The smallest absolute Gasteiger partial charge is 0.107 e. The van der Waals surface area contributed by atoms with E-state index in [1.54, 1.807) is 11.3 Å². The van der Waals surface area contributed by atoms with Crippen molar-refractivity contribution in [3.8, 4) is 10.4 Å². The Labute approximate surface area is 129 Å². The summed E-state index contributed by atoms with van der Waals surface area (Å²) >= 11 is 1.78. The quantitative estimate of drug-likeness (QED) is 0.765. The molecule has 3 heteroatoms. The molecule has 3 aromatic rings. The van der Waals surface area contributed by atoms with Crippen LogP contribution in [-0.4, -0.2) is 12.0 Å². The molecule has 2 nitrogen and oxygen atoms in total. The first kappa shape index (κ1) is 14.0. The van der Waals surface area contributed by atoms with E-state index in [2.05, 4.69) is 66.0 Å². The third-order valence-corrected chi connectivity index (χ3v) is 4.47. The molecule has 1 N–H and O–H groups in total. The zero-order chi connectivity index (χ0) is 14.5.